The van der Waals surface area contributed by atoms with Crippen LogP contribution in [0.5, 0.6) is 0 Å². The van der Waals surface area contributed by atoms with Crippen LogP contribution in [-0.2, 0) is 17.7 Å². The normalized spacial score (nSPS) is 20.8. The molecule has 0 aliphatic carbocycles. The number of ether oxygens (including phenoxy) is 1. The molecule has 1 aliphatic heterocycles. The number of hydrogen-bond acceptors (Lipinski definition) is 4. The van der Waals surface area contributed by atoms with Crippen molar-refractivity contribution < 1.29 is 4.74 Å². The maximum Gasteiger partial charge on any atom is 0.138 e. The molecule has 1 N–H and O–H groups in total. The van der Waals surface area contributed by atoms with Gasteiger partial charge in [-0.1, -0.05) is 13.8 Å². The number of aryl methyl sites for hydroxylation is 1. The van der Waals surface area contributed by atoms with E-state index in [1.807, 2.05) is 4.68 Å². The number of nitrogens with one attached hydrogen (secondary N) is 1. The lowest BCUT2D eigenvalue weighted by Gasteiger charge is -2.23. The Bertz CT molecular complexity index is 360. The van der Waals surface area contributed by atoms with Crippen molar-refractivity contribution in [2.24, 2.45) is 5.92 Å². The highest BCUT2D eigenvalue weighted by atomic mass is 16.5. The Morgan fingerprint density at radius 1 is 1.47 bits per heavy atom. The summed E-state index contributed by atoms with van der Waals surface area (Å²) in [6, 6.07) is 0.460. The van der Waals surface area contributed by atoms with Gasteiger partial charge in [0.1, 0.15) is 12.2 Å². The summed E-state index contributed by atoms with van der Waals surface area (Å²) in [6.45, 7) is 8.16. The van der Waals surface area contributed by atoms with Gasteiger partial charge < -0.3 is 10.1 Å². The number of aromatic nitrogens is 3. The van der Waals surface area contributed by atoms with Crippen molar-refractivity contribution in [3.05, 3.63) is 12.2 Å². The Kier molecular flexibility index (Phi) is 5.79. The Labute approximate surface area is 115 Å². The molecule has 0 aromatic carbocycles. The van der Waals surface area contributed by atoms with Crippen LogP contribution in [0.1, 0.15) is 38.9 Å². The van der Waals surface area contributed by atoms with Gasteiger partial charge in [0.15, 0.2) is 0 Å². The highest BCUT2D eigenvalue weighted by Crippen LogP contribution is 2.19. The average molecular weight is 266 g/mol. The SMILES string of the molecule is CCCNC(Cc1ncnn1CCC)C1CCOC1. The summed E-state index contributed by atoms with van der Waals surface area (Å²) in [4.78, 5) is 4.43. The van der Waals surface area contributed by atoms with Gasteiger partial charge in [0.25, 0.3) is 0 Å². The van der Waals surface area contributed by atoms with Gasteiger partial charge >= 0.3 is 0 Å². The lowest BCUT2D eigenvalue weighted by atomic mass is 9.95. The van der Waals surface area contributed by atoms with Crippen LogP contribution in [0.2, 0.25) is 0 Å². The van der Waals surface area contributed by atoms with Gasteiger partial charge in [0.2, 0.25) is 0 Å². The molecule has 1 fully saturated rings. The van der Waals surface area contributed by atoms with Crippen molar-refractivity contribution in [1.29, 1.82) is 0 Å². The van der Waals surface area contributed by atoms with Crippen molar-refractivity contribution >= 4 is 0 Å². The zero-order valence-corrected chi connectivity index (χ0v) is 12.1. The van der Waals surface area contributed by atoms with Gasteiger partial charge in [0, 0.05) is 31.5 Å². The molecule has 5 nitrogen and oxygen atoms in total. The van der Waals surface area contributed by atoms with Crippen LogP contribution in [0.25, 0.3) is 0 Å². The number of rotatable bonds is 8. The molecule has 0 amide bonds. The third kappa shape index (κ3) is 4.01. The molecule has 0 radical (unpaired) electrons. The Balaban J connectivity index is 1.99. The average Bonchev–Trinajstić information content (AvgIpc) is 3.06. The fraction of sp³-hybridized carbons (Fsp3) is 0.857. The van der Waals surface area contributed by atoms with E-state index in [4.69, 9.17) is 4.74 Å². The molecule has 2 heterocycles. The van der Waals surface area contributed by atoms with Gasteiger partial charge in [-0.05, 0) is 25.8 Å². The van der Waals surface area contributed by atoms with E-state index in [1.165, 1.54) is 0 Å². The molecule has 2 atom stereocenters. The van der Waals surface area contributed by atoms with E-state index < -0.39 is 0 Å². The quantitative estimate of drug-likeness (QED) is 0.777. The molecular formula is C14H26N4O. The molecule has 5 heteroatoms. The minimum Gasteiger partial charge on any atom is -0.381 e. The van der Waals surface area contributed by atoms with E-state index in [9.17, 15) is 0 Å². The molecule has 0 saturated carbocycles. The summed E-state index contributed by atoms with van der Waals surface area (Å²) in [5.41, 5.74) is 0. The van der Waals surface area contributed by atoms with Crippen LogP contribution < -0.4 is 5.32 Å². The fourth-order valence-electron chi connectivity index (χ4n) is 2.65. The molecule has 0 bridgehead atoms. The second-order valence-electron chi connectivity index (χ2n) is 5.29. The van der Waals surface area contributed by atoms with Crippen molar-refractivity contribution in [1.82, 2.24) is 20.1 Å². The molecule has 1 aliphatic rings. The van der Waals surface area contributed by atoms with E-state index in [0.717, 1.165) is 57.8 Å². The second-order valence-corrected chi connectivity index (χ2v) is 5.29. The topological polar surface area (TPSA) is 52.0 Å². The van der Waals surface area contributed by atoms with Crippen molar-refractivity contribution in [3.63, 3.8) is 0 Å². The lowest BCUT2D eigenvalue weighted by molar-refractivity contribution is 0.176. The summed E-state index contributed by atoms with van der Waals surface area (Å²) in [5.74, 6) is 1.71. The van der Waals surface area contributed by atoms with E-state index in [1.54, 1.807) is 6.33 Å². The van der Waals surface area contributed by atoms with Crippen molar-refractivity contribution in [2.45, 2.75) is 52.1 Å². The fourth-order valence-corrected chi connectivity index (χ4v) is 2.65. The first-order chi connectivity index (χ1) is 9.35. The van der Waals surface area contributed by atoms with E-state index in [0.29, 0.717) is 12.0 Å². The van der Waals surface area contributed by atoms with Crippen LogP contribution in [0.15, 0.2) is 6.33 Å². The van der Waals surface area contributed by atoms with Gasteiger partial charge in [-0.3, -0.25) is 4.68 Å². The van der Waals surface area contributed by atoms with Gasteiger partial charge in [-0.2, -0.15) is 5.10 Å². The van der Waals surface area contributed by atoms with Crippen LogP contribution in [-0.4, -0.2) is 40.6 Å². The maximum absolute atomic E-state index is 5.53. The predicted octanol–water partition coefficient (Wildman–Crippen LogP) is 1.64. The van der Waals surface area contributed by atoms with Crippen molar-refractivity contribution in [3.8, 4) is 0 Å². The predicted molar refractivity (Wildman–Crippen MR) is 75.0 cm³/mol. The van der Waals surface area contributed by atoms with Gasteiger partial charge in [-0.25, -0.2) is 4.98 Å². The Hall–Kier alpha value is -0.940. The molecule has 1 saturated heterocycles. The Morgan fingerprint density at radius 2 is 2.37 bits per heavy atom. The first kappa shape index (κ1) is 14.5. The van der Waals surface area contributed by atoms with Crippen LogP contribution in [0, 0.1) is 5.92 Å². The molecule has 108 valence electrons. The first-order valence-corrected chi connectivity index (χ1v) is 7.53. The minimum atomic E-state index is 0.460. The van der Waals surface area contributed by atoms with E-state index >= 15 is 0 Å². The van der Waals surface area contributed by atoms with Gasteiger partial charge in [-0.15, -0.1) is 0 Å². The third-order valence-electron chi connectivity index (χ3n) is 3.72. The van der Waals surface area contributed by atoms with E-state index in [-0.39, 0.29) is 0 Å². The Morgan fingerprint density at radius 3 is 3.05 bits per heavy atom. The molecular weight excluding hydrogens is 240 g/mol. The standard InChI is InChI=1S/C14H26N4O/c1-3-6-15-13(12-5-8-19-10-12)9-14-16-11-17-18(14)7-4-2/h11-13,15H,3-10H2,1-2H3. The molecule has 0 spiro atoms. The molecule has 1 aromatic heterocycles. The van der Waals surface area contributed by atoms with Crippen LogP contribution in [0.4, 0.5) is 0 Å². The zero-order valence-electron chi connectivity index (χ0n) is 12.1. The summed E-state index contributed by atoms with van der Waals surface area (Å²) < 4.78 is 7.57. The largest absolute Gasteiger partial charge is 0.381 e. The maximum atomic E-state index is 5.53. The van der Waals surface area contributed by atoms with Crippen molar-refractivity contribution in [2.75, 3.05) is 19.8 Å². The van der Waals surface area contributed by atoms with Gasteiger partial charge in [0.05, 0.1) is 6.61 Å². The summed E-state index contributed by atoms with van der Waals surface area (Å²) in [5, 5.41) is 7.97. The second kappa shape index (κ2) is 7.60. The zero-order chi connectivity index (χ0) is 13.5. The first-order valence-electron chi connectivity index (χ1n) is 7.53. The molecule has 1 aromatic rings. The molecule has 2 rings (SSSR count). The number of nitrogens with zero attached hydrogens (tertiary/aromatic N) is 3. The summed E-state index contributed by atoms with van der Waals surface area (Å²) in [6.07, 6.45) is 6.03. The summed E-state index contributed by atoms with van der Waals surface area (Å²) in [7, 11) is 0. The third-order valence-corrected chi connectivity index (χ3v) is 3.72. The minimum absolute atomic E-state index is 0.460. The lowest BCUT2D eigenvalue weighted by Crippen LogP contribution is -2.39. The monoisotopic (exact) mass is 266 g/mol. The van der Waals surface area contributed by atoms with E-state index in [2.05, 4.69) is 29.2 Å². The number of hydrogen-bond donors (Lipinski definition) is 1. The highest BCUT2D eigenvalue weighted by molar-refractivity contribution is 4.93. The molecule has 2 unspecified atom stereocenters. The van der Waals surface area contributed by atoms with Crippen LogP contribution in [0.3, 0.4) is 0 Å². The summed E-state index contributed by atoms with van der Waals surface area (Å²) >= 11 is 0. The smallest absolute Gasteiger partial charge is 0.138 e. The molecule has 19 heavy (non-hydrogen) atoms. The van der Waals surface area contributed by atoms with Crippen LogP contribution >= 0.6 is 0 Å². The highest BCUT2D eigenvalue weighted by Gasteiger charge is 2.26.